The summed E-state index contributed by atoms with van der Waals surface area (Å²) in [5, 5.41) is 0. The number of nitrogens with zero attached hydrogens (tertiary/aromatic N) is 2. The molecule has 214 valence electrons. The maximum Gasteiger partial charge on any atom is 0.271 e. The summed E-state index contributed by atoms with van der Waals surface area (Å²) in [4.78, 5) is 19.9. The Morgan fingerprint density at radius 1 is 0.977 bits per heavy atom. The molecule has 0 radical (unpaired) electrons. The number of fused-ring (bicyclic) bond motifs is 3. The number of hydrogen-bond acceptors (Lipinski definition) is 5. The van der Waals surface area contributed by atoms with Crippen LogP contribution in [0.2, 0.25) is 0 Å². The van der Waals surface area contributed by atoms with E-state index in [1.807, 2.05) is 71.3 Å². The summed E-state index contributed by atoms with van der Waals surface area (Å²) in [5.74, 6) is 1.51. The van der Waals surface area contributed by atoms with E-state index < -0.39 is 0 Å². The van der Waals surface area contributed by atoms with Crippen LogP contribution in [-0.2, 0) is 13.0 Å². The van der Waals surface area contributed by atoms with Crippen molar-refractivity contribution in [3.8, 4) is 11.5 Å². The minimum Gasteiger partial charge on any atom is -0.497 e. The van der Waals surface area contributed by atoms with Crippen molar-refractivity contribution in [2.75, 3.05) is 7.11 Å². The standard InChI is InChI=1S/C35H26Br2N2O3S/c1-41-26-7-4-6-24(19-26)33-28-15-12-23-5-2-3-8-27(23)32(28)38-35-39(33)34(40)31(43-35)18-22-11-16-30(29(37)17-22)42-20-21-9-13-25(36)14-10-21/h2-11,13-14,16-19,33H,12,15,20H2,1H3/b31-18+/t33-/m1/s1. The molecule has 5 aromatic rings. The summed E-state index contributed by atoms with van der Waals surface area (Å²) in [6.07, 6.45) is 3.70. The van der Waals surface area contributed by atoms with Crippen LogP contribution in [0.5, 0.6) is 11.5 Å². The molecule has 0 saturated carbocycles. The van der Waals surface area contributed by atoms with E-state index in [4.69, 9.17) is 14.5 Å². The molecule has 0 fully saturated rings. The Hall–Kier alpha value is -3.72. The van der Waals surface area contributed by atoms with Crippen molar-refractivity contribution in [3.63, 3.8) is 0 Å². The van der Waals surface area contributed by atoms with Crippen molar-refractivity contribution in [1.82, 2.24) is 4.57 Å². The van der Waals surface area contributed by atoms with Gasteiger partial charge in [-0.3, -0.25) is 9.36 Å². The van der Waals surface area contributed by atoms with E-state index >= 15 is 0 Å². The molecule has 2 aliphatic rings. The van der Waals surface area contributed by atoms with Gasteiger partial charge in [-0.1, -0.05) is 81.9 Å². The lowest BCUT2D eigenvalue weighted by molar-refractivity contribution is 0.304. The van der Waals surface area contributed by atoms with Crippen LogP contribution in [-0.4, -0.2) is 11.7 Å². The van der Waals surface area contributed by atoms with Crippen molar-refractivity contribution >= 4 is 55.0 Å². The highest BCUT2D eigenvalue weighted by atomic mass is 79.9. The molecule has 0 saturated heterocycles. The third kappa shape index (κ3) is 5.44. The molecule has 0 bridgehead atoms. The molecule has 0 unspecified atom stereocenters. The lowest BCUT2D eigenvalue weighted by Gasteiger charge is -2.31. The van der Waals surface area contributed by atoms with Gasteiger partial charge in [-0.25, -0.2) is 4.99 Å². The lowest BCUT2D eigenvalue weighted by Crippen LogP contribution is -2.38. The molecule has 4 aromatic carbocycles. The van der Waals surface area contributed by atoms with Crippen LogP contribution in [0.3, 0.4) is 0 Å². The molecular weight excluding hydrogens is 688 g/mol. The number of rotatable bonds is 6. The zero-order valence-electron chi connectivity index (χ0n) is 23.2. The van der Waals surface area contributed by atoms with E-state index in [-0.39, 0.29) is 11.6 Å². The molecule has 8 heteroatoms. The molecule has 1 aliphatic heterocycles. The second-order valence-corrected chi connectivity index (χ2v) is 13.3. The minimum atomic E-state index is -0.252. The average molecular weight is 714 g/mol. The van der Waals surface area contributed by atoms with Crippen LogP contribution in [0, 0.1) is 0 Å². The summed E-state index contributed by atoms with van der Waals surface area (Å²) < 4.78 is 16.0. The number of allylic oxidation sites excluding steroid dienone is 1. The summed E-state index contributed by atoms with van der Waals surface area (Å²) in [6, 6.07) is 30.2. The van der Waals surface area contributed by atoms with E-state index in [9.17, 15) is 4.79 Å². The first-order valence-electron chi connectivity index (χ1n) is 13.9. The van der Waals surface area contributed by atoms with Gasteiger partial charge in [0, 0.05) is 10.0 Å². The Bertz CT molecular complexity index is 2080. The van der Waals surface area contributed by atoms with Crippen molar-refractivity contribution in [1.29, 1.82) is 0 Å². The SMILES string of the molecule is COc1cccc([C@@H]2C3=C(N=c4s/c(=C/c5ccc(OCc6ccc(Br)cc6)c(Br)c5)c(=O)n42)c2ccccc2CC3)c1. The topological polar surface area (TPSA) is 52.8 Å². The maximum absolute atomic E-state index is 14.1. The first-order chi connectivity index (χ1) is 21.0. The highest BCUT2D eigenvalue weighted by Crippen LogP contribution is 2.41. The van der Waals surface area contributed by atoms with E-state index in [0.29, 0.717) is 15.9 Å². The first-order valence-corrected chi connectivity index (χ1v) is 16.3. The van der Waals surface area contributed by atoms with Crippen molar-refractivity contribution in [2.24, 2.45) is 4.99 Å². The molecule has 0 N–H and O–H groups in total. The minimum absolute atomic E-state index is 0.0475. The lowest BCUT2D eigenvalue weighted by atomic mass is 9.83. The molecule has 1 aliphatic carbocycles. The van der Waals surface area contributed by atoms with Gasteiger partial charge in [0.05, 0.1) is 27.9 Å². The maximum atomic E-state index is 14.1. The van der Waals surface area contributed by atoms with Gasteiger partial charge in [0.2, 0.25) is 0 Å². The zero-order valence-corrected chi connectivity index (χ0v) is 27.2. The van der Waals surface area contributed by atoms with Gasteiger partial charge in [0.25, 0.3) is 5.56 Å². The normalized spacial score (nSPS) is 15.8. The van der Waals surface area contributed by atoms with Gasteiger partial charge in [-0.05, 0) is 99.1 Å². The number of thiazole rings is 1. The number of hydrogen-bond donors (Lipinski definition) is 0. The van der Waals surface area contributed by atoms with E-state index in [1.165, 1.54) is 22.5 Å². The fourth-order valence-electron chi connectivity index (χ4n) is 5.75. The highest BCUT2D eigenvalue weighted by molar-refractivity contribution is 9.10. The van der Waals surface area contributed by atoms with Gasteiger partial charge in [0.15, 0.2) is 4.80 Å². The largest absolute Gasteiger partial charge is 0.497 e. The molecule has 7 rings (SSSR count). The van der Waals surface area contributed by atoms with Gasteiger partial charge < -0.3 is 9.47 Å². The summed E-state index contributed by atoms with van der Waals surface area (Å²) in [5.41, 5.74) is 7.55. The number of ether oxygens (including phenoxy) is 2. The molecule has 2 heterocycles. The van der Waals surface area contributed by atoms with Crippen LogP contribution in [0.25, 0.3) is 11.8 Å². The number of aryl methyl sites for hydroxylation is 1. The van der Waals surface area contributed by atoms with Crippen LogP contribution < -0.4 is 24.4 Å². The van der Waals surface area contributed by atoms with Crippen LogP contribution in [0.1, 0.15) is 40.3 Å². The number of benzene rings is 4. The Morgan fingerprint density at radius 3 is 2.63 bits per heavy atom. The molecule has 1 aromatic heterocycles. The summed E-state index contributed by atoms with van der Waals surface area (Å²) >= 11 is 8.56. The van der Waals surface area contributed by atoms with E-state index in [2.05, 4.69) is 62.2 Å². The summed E-state index contributed by atoms with van der Waals surface area (Å²) in [7, 11) is 1.67. The van der Waals surface area contributed by atoms with Crippen LogP contribution >= 0.6 is 43.2 Å². The van der Waals surface area contributed by atoms with E-state index in [1.54, 1.807) is 7.11 Å². The first kappa shape index (κ1) is 28.1. The zero-order chi connectivity index (χ0) is 29.5. The van der Waals surface area contributed by atoms with Crippen LogP contribution in [0.15, 0.2) is 115 Å². The van der Waals surface area contributed by atoms with E-state index in [0.717, 1.165) is 61.2 Å². The quantitative estimate of drug-likeness (QED) is 0.184. The van der Waals surface area contributed by atoms with Gasteiger partial charge >= 0.3 is 0 Å². The second-order valence-electron chi connectivity index (χ2n) is 10.5. The number of methoxy groups -OCH3 is 1. The molecular formula is C35H26Br2N2O3S. The third-order valence-corrected chi connectivity index (χ3v) is 9.98. The average Bonchev–Trinajstić information content (AvgIpc) is 3.34. The van der Waals surface area contributed by atoms with Gasteiger partial charge in [-0.15, -0.1) is 0 Å². The summed E-state index contributed by atoms with van der Waals surface area (Å²) in [6.45, 7) is 0.460. The smallest absolute Gasteiger partial charge is 0.271 e. The van der Waals surface area contributed by atoms with Crippen molar-refractivity contribution < 1.29 is 9.47 Å². The Balaban J connectivity index is 1.29. The predicted molar refractivity (Wildman–Crippen MR) is 178 cm³/mol. The molecule has 0 spiro atoms. The fourth-order valence-corrected chi connectivity index (χ4v) is 7.53. The fraction of sp³-hybridized carbons (Fsp3) is 0.143. The number of aromatic nitrogens is 1. The Kier molecular flexibility index (Phi) is 7.67. The van der Waals surface area contributed by atoms with Gasteiger partial charge in [-0.2, -0.15) is 0 Å². The molecule has 43 heavy (non-hydrogen) atoms. The molecule has 5 nitrogen and oxygen atoms in total. The third-order valence-electron chi connectivity index (χ3n) is 7.84. The predicted octanol–water partition coefficient (Wildman–Crippen LogP) is 7.43. The molecule has 0 amide bonds. The second kappa shape index (κ2) is 11.8. The number of halogens is 2. The monoisotopic (exact) mass is 712 g/mol. The highest BCUT2D eigenvalue weighted by Gasteiger charge is 2.32. The molecule has 1 atom stereocenters. The van der Waals surface area contributed by atoms with Gasteiger partial charge in [0.1, 0.15) is 18.1 Å². The van der Waals surface area contributed by atoms with Crippen LogP contribution in [0.4, 0.5) is 0 Å². The Labute approximate surface area is 269 Å². The van der Waals surface area contributed by atoms with Crippen molar-refractivity contribution in [2.45, 2.75) is 25.5 Å². The Morgan fingerprint density at radius 2 is 1.81 bits per heavy atom. The van der Waals surface area contributed by atoms with Crippen molar-refractivity contribution in [3.05, 3.63) is 153 Å².